The number of amides is 2. The number of urea groups is 1. The summed E-state index contributed by atoms with van der Waals surface area (Å²) in [6, 6.07) is 5.34. The van der Waals surface area contributed by atoms with Gasteiger partial charge in [0.2, 0.25) is 0 Å². The molecule has 1 heterocycles. The van der Waals surface area contributed by atoms with Gasteiger partial charge in [0.1, 0.15) is 5.82 Å². The molecular formula is C15H12F3N5O. The zero-order valence-corrected chi connectivity index (χ0v) is 12.5. The van der Waals surface area contributed by atoms with Crippen molar-refractivity contribution in [3.63, 3.8) is 0 Å². The van der Waals surface area contributed by atoms with Gasteiger partial charge < -0.3 is 10.6 Å². The SMILES string of the molecule is Cc1nccc(CNC(=O)Nc2ccc(C#N)c(C(F)(F)F)c2)n1. The summed E-state index contributed by atoms with van der Waals surface area (Å²) in [6.45, 7) is 1.79. The molecule has 0 aliphatic rings. The number of carbonyl (C=O) groups is 1. The lowest BCUT2D eigenvalue weighted by Crippen LogP contribution is -2.28. The summed E-state index contributed by atoms with van der Waals surface area (Å²) >= 11 is 0. The summed E-state index contributed by atoms with van der Waals surface area (Å²) in [4.78, 5) is 19.8. The molecule has 0 aliphatic carbocycles. The van der Waals surface area contributed by atoms with E-state index in [1.54, 1.807) is 13.0 Å². The van der Waals surface area contributed by atoms with Crippen LogP contribution in [-0.2, 0) is 12.7 Å². The minimum absolute atomic E-state index is 0.0716. The number of nitrogens with zero attached hydrogens (tertiary/aromatic N) is 3. The Morgan fingerprint density at radius 3 is 2.71 bits per heavy atom. The molecule has 2 rings (SSSR count). The maximum atomic E-state index is 12.9. The van der Waals surface area contributed by atoms with E-state index in [4.69, 9.17) is 5.26 Å². The average Bonchev–Trinajstić information content (AvgIpc) is 2.52. The number of aryl methyl sites for hydroxylation is 1. The van der Waals surface area contributed by atoms with E-state index in [1.807, 2.05) is 0 Å². The fraction of sp³-hybridized carbons (Fsp3) is 0.200. The highest BCUT2D eigenvalue weighted by Crippen LogP contribution is 2.33. The fourth-order valence-electron chi connectivity index (χ4n) is 1.90. The van der Waals surface area contributed by atoms with Crippen LogP contribution in [0.15, 0.2) is 30.5 Å². The van der Waals surface area contributed by atoms with E-state index in [2.05, 4.69) is 20.6 Å². The van der Waals surface area contributed by atoms with Crippen molar-refractivity contribution in [1.82, 2.24) is 15.3 Å². The summed E-state index contributed by atoms with van der Waals surface area (Å²) in [6.07, 6.45) is -3.15. The van der Waals surface area contributed by atoms with Crippen LogP contribution >= 0.6 is 0 Å². The van der Waals surface area contributed by atoms with E-state index in [0.29, 0.717) is 17.6 Å². The molecule has 2 amide bonds. The van der Waals surface area contributed by atoms with Gasteiger partial charge in [0.15, 0.2) is 0 Å². The maximum Gasteiger partial charge on any atom is 0.417 e. The molecule has 0 atom stereocenters. The van der Waals surface area contributed by atoms with Crippen LogP contribution in [0.25, 0.3) is 0 Å². The van der Waals surface area contributed by atoms with E-state index in [0.717, 1.165) is 6.07 Å². The van der Waals surface area contributed by atoms with E-state index in [9.17, 15) is 18.0 Å². The zero-order valence-electron chi connectivity index (χ0n) is 12.5. The topological polar surface area (TPSA) is 90.7 Å². The standard InChI is InChI=1S/C15H12F3N5O/c1-9-20-5-4-12(22-9)8-21-14(24)23-11-3-2-10(7-19)13(6-11)15(16,17)18/h2-6H,8H2,1H3,(H2,21,23,24). The molecule has 0 unspecified atom stereocenters. The summed E-state index contributed by atoms with van der Waals surface area (Å²) < 4.78 is 38.6. The Balaban J connectivity index is 2.05. The van der Waals surface area contributed by atoms with Crippen LogP contribution in [0.4, 0.5) is 23.7 Å². The van der Waals surface area contributed by atoms with Gasteiger partial charge in [-0.2, -0.15) is 18.4 Å². The predicted octanol–water partition coefficient (Wildman–Crippen LogP) is 3.00. The normalized spacial score (nSPS) is 10.8. The van der Waals surface area contributed by atoms with Gasteiger partial charge in [0, 0.05) is 11.9 Å². The molecule has 0 aliphatic heterocycles. The van der Waals surface area contributed by atoms with Crippen LogP contribution in [-0.4, -0.2) is 16.0 Å². The van der Waals surface area contributed by atoms with Gasteiger partial charge in [-0.3, -0.25) is 0 Å². The van der Waals surface area contributed by atoms with Gasteiger partial charge in [-0.25, -0.2) is 14.8 Å². The molecule has 0 bridgehead atoms. The minimum atomic E-state index is -4.68. The summed E-state index contributed by atoms with van der Waals surface area (Å²) in [5.74, 6) is 0.539. The molecule has 24 heavy (non-hydrogen) atoms. The molecule has 0 saturated heterocycles. The van der Waals surface area contributed by atoms with Crippen molar-refractivity contribution < 1.29 is 18.0 Å². The van der Waals surface area contributed by atoms with E-state index < -0.39 is 23.3 Å². The second kappa shape index (κ2) is 6.95. The number of halogens is 3. The maximum absolute atomic E-state index is 12.9. The molecule has 1 aromatic heterocycles. The third-order valence-corrected chi connectivity index (χ3v) is 2.97. The predicted molar refractivity (Wildman–Crippen MR) is 78.8 cm³/mol. The first-order valence-corrected chi connectivity index (χ1v) is 6.74. The average molecular weight is 335 g/mol. The highest BCUT2D eigenvalue weighted by Gasteiger charge is 2.33. The molecule has 6 nitrogen and oxygen atoms in total. The first-order chi connectivity index (χ1) is 11.3. The molecule has 9 heteroatoms. The van der Waals surface area contributed by atoms with E-state index >= 15 is 0 Å². The molecule has 0 spiro atoms. The lowest BCUT2D eigenvalue weighted by molar-refractivity contribution is -0.137. The number of nitrogens with one attached hydrogen (secondary N) is 2. The van der Waals surface area contributed by atoms with Crippen LogP contribution < -0.4 is 10.6 Å². The second-order valence-electron chi connectivity index (χ2n) is 4.77. The summed E-state index contributed by atoms with van der Waals surface area (Å²) in [5, 5.41) is 13.5. The quantitative estimate of drug-likeness (QED) is 0.902. The van der Waals surface area contributed by atoms with Crippen molar-refractivity contribution >= 4 is 11.7 Å². The van der Waals surface area contributed by atoms with Gasteiger partial charge in [-0.1, -0.05) is 0 Å². The van der Waals surface area contributed by atoms with Gasteiger partial charge in [0.05, 0.1) is 29.4 Å². The number of carbonyl (C=O) groups excluding carboxylic acids is 1. The number of anilines is 1. The highest BCUT2D eigenvalue weighted by atomic mass is 19.4. The zero-order chi connectivity index (χ0) is 17.7. The van der Waals surface area contributed by atoms with Crippen molar-refractivity contribution in [2.24, 2.45) is 0 Å². The molecule has 2 N–H and O–H groups in total. The van der Waals surface area contributed by atoms with Crippen molar-refractivity contribution in [2.45, 2.75) is 19.6 Å². The number of aromatic nitrogens is 2. The van der Waals surface area contributed by atoms with Crippen molar-refractivity contribution in [2.75, 3.05) is 5.32 Å². The lowest BCUT2D eigenvalue weighted by atomic mass is 10.1. The van der Waals surface area contributed by atoms with Crippen LogP contribution in [0, 0.1) is 18.3 Å². The smallest absolute Gasteiger partial charge is 0.332 e. The molecule has 0 radical (unpaired) electrons. The lowest BCUT2D eigenvalue weighted by Gasteiger charge is -2.12. The molecule has 124 valence electrons. The van der Waals surface area contributed by atoms with E-state index in [1.165, 1.54) is 18.3 Å². The van der Waals surface area contributed by atoms with E-state index in [-0.39, 0.29) is 12.2 Å². The first-order valence-electron chi connectivity index (χ1n) is 6.74. The van der Waals surface area contributed by atoms with Gasteiger partial charge in [0.25, 0.3) is 0 Å². The number of rotatable bonds is 3. The molecule has 0 saturated carbocycles. The number of hydrogen-bond acceptors (Lipinski definition) is 4. The molecule has 1 aromatic carbocycles. The molecular weight excluding hydrogens is 323 g/mol. The number of hydrogen-bond donors (Lipinski definition) is 2. The van der Waals surface area contributed by atoms with Gasteiger partial charge in [-0.15, -0.1) is 0 Å². The van der Waals surface area contributed by atoms with Crippen molar-refractivity contribution in [3.05, 3.63) is 53.1 Å². The minimum Gasteiger partial charge on any atom is -0.332 e. The Morgan fingerprint density at radius 2 is 2.08 bits per heavy atom. The number of nitriles is 1. The number of alkyl halides is 3. The van der Waals surface area contributed by atoms with Gasteiger partial charge in [-0.05, 0) is 31.2 Å². The van der Waals surface area contributed by atoms with Crippen LogP contribution in [0.2, 0.25) is 0 Å². The Morgan fingerprint density at radius 1 is 1.33 bits per heavy atom. The third kappa shape index (κ3) is 4.42. The third-order valence-electron chi connectivity index (χ3n) is 2.97. The van der Waals surface area contributed by atoms with Gasteiger partial charge >= 0.3 is 12.2 Å². The summed E-state index contributed by atoms with van der Waals surface area (Å²) in [5.41, 5.74) is -1.12. The second-order valence-corrected chi connectivity index (χ2v) is 4.77. The van der Waals surface area contributed by atoms with Crippen LogP contribution in [0.1, 0.15) is 22.6 Å². The van der Waals surface area contributed by atoms with Crippen LogP contribution in [0.3, 0.4) is 0 Å². The summed E-state index contributed by atoms with van der Waals surface area (Å²) in [7, 11) is 0. The van der Waals surface area contributed by atoms with Crippen molar-refractivity contribution in [3.8, 4) is 6.07 Å². The largest absolute Gasteiger partial charge is 0.417 e. The Bertz CT molecular complexity index is 798. The highest BCUT2D eigenvalue weighted by molar-refractivity contribution is 5.89. The fourth-order valence-corrected chi connectivity index (χ4v) is 1.90. The monoisotopic (exact) mass is 335 g/mol. The van der Waals surface area contributed by atoms with Crippen LogP contribution in [0.5, 0.6) is 0 Å². The van der Waals surface area contributed by atoms with Crippen molar-refractivity contribution in [1.29, 1.82) is 5.26 Å². The first kappa shape index (κ1) is 17.2. The molecule has 0 fully saturated rings. The number of benzene rings is 1. The Kier molecular flexibility index (Phi) is 4.99. The Labute approximate surface area is 135 Å². The molecule has 2 aromatic rings. The Hall–Kier alpha value is -3.15.